The molecule has 2 rings (SSSR count). The van der Waals surface area contributed by atoms with Crippen LogP contribution in [0.3, 0.4) is 0 Å². The molecule has 1 N–H and O–H groups in total. The summed E-state index contributed by atoms with van der Waals surface area (Å²) >= 11 is 5.92. The van der Waals surface area contributed by atoms with E-state index in [-0.39, 0.29) is 0 Å². The van der Waals surface area contributed by atoms with Crippen molar-refractivity contribution in [2.24, 2.45) is 0 Å². The largest absolute Gasteiger partial charge is 0.495 e. The Hall–Kier alpha value is -1.66. The van der Waals surface area contributed by atoms with E-state index >= 15 is 0 Å². The summed E-state index contributed by atoms with van der Waals surface area (Å²) in [5.41, 5.74) is 1.20. The minimum Gasteiger partial charge on any atom is -0.495 e. The molecule has 2 aromatic rings. The highest BCUT2D eigenvalue weighted by Gasteiger charge is 2.10. The van der Waals surface area contributed by atoms with Gasteiger partial charge >= 0.3 is 0 Å². The van der Waals surface area contributed by atoms with Gasteiger partial charge in [0, 0.05) is 11.6 Å². The smallest absolute Gasteiger partial charge is 0.138 e. The van der Waals surface area contributed by atoms with Crippen molar-refractivity contribution in [1.82, 2.24) is 4.98 Å². The summed E-state index contributed by atoms with van der Waals surface area (Å²) in [6.45, 7) is 0. The number of nitrogens with one attached hydrogen (secondary N) is 1. The molecule has 1 heterocycles. The zero-order valence-corrected chi connectivity index (χ0v) is 8.22. The average Bonchev–Trinajstić information content (AvgIpc) is 2.59. The minimum absolute atomic E-state index is 0.483. The predicted octanol–water partition coefficient (Wildman–Crippen LogP) is 2.70. The maximum absolute atomic E-state index is 8.96. The number of hydrogen-bond acceptors (Lipinski definition) is 2. The number of nitrogens with zero attached hydrogens (tertiary/aromatic N) is 1. The van der Waals surface area contributed by atoms with Gasteiger partial charge in [-0.25, -0.2) is 0 Å². The highest BCUT2D eigenvalue weighted by molar-refractivity contribution is 6.35. The summed E-state index contributed by atoms with van der Waals surface area (Å²) in [5.74, 6) is 0.554. The van der Waals surface area contributed by atoms with E-state index in [0.29, 0.717) is 16.3 Å². The average molecular weight is 207 g/mol. The van der Waals surface area contributed by atoms with E-state index in [1.807, 2.05) is 6.07 Å². The molecule has 0 spiro atoms. The third kappa shape index (κ3) is 1.12. The van der Waals surface area contributed by atoms with Gasteiger partial charge in [0.2, 0.25) is 0 Å². The van der Waals surface area contributed by atoms with Crippen molar-refractivity contribution in [3.05, 3.63) is 28.9 Å². The van der Waals surface area contributed by atoms with Crippen molar-refractivity contribution in [1.29, 1.82) is 5.26 Å². The first kappa shape index (κ1) is 8.92. The highest BCUT2D eigenvalue weighted by atomic mass is 35.5. The summed E-state index contributed by atoms with van der Waals surface area (Å²) in [6.07, 6.45) is 1.66. The lowest BCUT2D eigenvalue weighted by molar-refractivity contribution is 0.414. The lowest BCUT2D eigenvalue weighted by Gasteiger charge is -2.02. The Kier molecular flexibility index (Phi) is 2.06. The summed E-state index contributed by atoms with van der Waals surface area (Å²) in [7, 11) is 1.53. The molecule has 0 fully saturated rings. The van der Waals surface area contributed by atoms with Crippen molar-refractivity contribution in [3.63, 3.8) is 0 Å². The van der Waals surface area contributed by atoms with Gasteiger partial charge in [-0.2, -0.15) is 5.26 Å². The highest BCUT2D eigenvalue weighted by Crippen LogP contribution is 2.30. The molecule has 0 amide bonds. The quantitative estimate of drug-likeness (QED) is 0.780. The Bertz CT molecular complexity index is 525. The number of H-pyrrole nitrogens is 1. The van der Waals surface area contributed by atoms with E-state index in [1.54, 1.807) is 12.3 Å². The van der Waals surface area contributed by atoms with Gasteiger partial charge in [0.25, 0.3) is 0 Å². The molecule has 14 heavy (non-hydrogen) atoms. The van der Waals surface area contributed by atoms with E-state index in [9.17, 15) is 0 Å². The molecule has 1 aromatic heterocycles. The number of nitriles is 1. The van der Waals surface area contributed by atoms with Crippen LogP contribution in [0, 0.1) is 11.3 Å². The predicted molar refractivity (Wildman–Crippen MR) is 54.6 cm³/mol. The molecule has 0 aliphatic rings. The molecule has 0 saturated heterocycles. The maximum Gasteiger partial charge on any atom is 0.138 e. The molecule has 0 aliphatic heterocycles. The number of halogens is 1. The maximum atomic E-state index is 8.96. The molecule has 70 valence electrons. The van der Waals surface area contributed by atoms with Crippen molar-refractivity contribution in [2.45, 2.75) is 0 Å². The van der Waals surface area contributed by atoms with Crippen LogP contribution in [-0.2, 0) is 0 Å². The van der Waals surface area contributed by atoms with E-state index in [2.05, 4.69) is 11.1 Å². The van der Waals surface area contributed by atoms with Crippen LogP contribution in [0.15, 0.2) is 18.3 Å². The number of benzene rings is 1. The van der Waals surface area contributed by atoms with Gasteiger partial charge in [0.15, 0.2) is 0 Å². The van der Waals surface area contributed by atoms with E-state index in [0.717, 1.165) is 10.9 Å². The lowest BCUT2D eigenvalue weighted by atomic mass is 10.1. The molecule has 0 radical (unpaired) electrons. The van der Waals surface area contributed by atoms with Crippen LogP contribution in [0.4, 0.5) is 0 Å². The number of aromatic nitrogens is 1. The first-order valence-electron chi connectivity index (χ1n) is 4.01. The van der Waals surface area contributed by atoms with Gasteiger partial charge in [-0.3, -0.25) is 0 Å². The number of hydrogen-bond donors (Lipinski definition) is 1. The number of aromatic amines is 1. The molecule has 0 saturated carbocycles. The fourth-order valence-electron chi connectivity index (χ4n) is 1.43. The first-order chi connectivity index (χ1) is 6.77. The minimum atomic E-state index is 0.483. The number of rotatable bonds is 1. The van der Waals surface area contributed by atoms with Crippen LogP contribution < -0.4 is 4.74 Å². The SMILES string of the molecule is COc1ccc2c(Cl)c[nH]c2c1C#N. The third-order valence-electron chi connectivity index (χ3n) is 2.10. The van der Waals surface area contributed by atoms with E-state index < -0.39 is 0 Å². The summed E-state index contributed by atoms with van der Waals surface area (Å²) in [6, 6.07) is 5.65. The standard InChI is InChI=1S/C10H7ClN2O/c1-14-9-3-2-6-8(11)5-13-10(6)7(9)4-12/h2-3,5,13H,1H3. The van der Waals surface area contributed by atoms with Gasteiger partial charge in [-0.1, -0.05) is 11.6 Å². The molecule has 0 unspecified atom stereocenters. The molecule has 0 atom stereocenters. The molecule has 0 aliphatic carbocycles. The Morgan fingerprint density at radius 1 is 1.50 bits per heavy atom. The summed E-state index contributed by atoms with van der Waals surface area (Å²) < 4.78 is 5.07. The van der Waals surface area contributed by atoms with E-state index in [1.165, 1.54) is 7.11 Å². The number of methoxy groups -OCH3 is 1. The van der Waals surface area contributed by atoms with Gasteiger partial charge in [-0.05, 0) is 12.1 Å². The van der Waals surface area contributed by atoms with Gasteiger partial charge < -0.3 is 9.72 Å². The van der Waals surface area contributed by atoms with E-state index in [4.69, 9.17) is 21.6 Å². The molecule has 3 nitrogen and oxygen atoms in total. The van der Waals surface area contributed by atoms with Crippen LogP contribution in [-0.4, -0.2) is 12.1 Å². The molecular weight excluding hydrogens is 200 g/mol. The molecule has 4 heteroatoms. The Morgan fingerprint density at radius 2 is 2.29 bits per heavy atom. The Morgan fingerprint density at radius 3 is 2.93 bits per heavy atom. The second kappa shape index (κ2) is 3.24. The fraction of sp³-hybridized carbons (Fsp3) is 0.100. The lowest BCUT2D eigenvalue weighted by Crippen LogP contribution is -1.88. The van der Waals surface area contributed by atoms with Gasteiger partial charge in [0.1, 0.15) is 17.4 Å². The first-order valence-corrected chi connectivity index (χ1v) is 4.39. The van der Waals surface area contributed by atoms with Gasteiger partial charge in [-0.15, -0.1) is 0 Å². The Balaban J connectivity index is 2.86. The van der Waals surface area contributed by atoms with Crippen LogP contribution >= 0.6 is 11.6 Å². The van der Waals surface area contributed by atoms with Crippen LogP contribution in [0.25, 0.3) is 10.9 Å². The zero-order valence-electron chi connectivity index (χ0n) is 7.47. The van der Waals surface area contributed by atoms with Gasteiger partial charge in [0.05, 0.1) is 17.6 Å². The summed E-state index contributed by atoms with van der Waals surface area (Å²) in [5, 5.41) is 10.4. The second-order valence-electron chi connectivity index (χ2n) is 2.81. The van der Waals surface area contributed by atoms with Crippen molar-refractivity contribution in [2.75, 3.05) is 7.11 Å². The molecular formula is C10H7ClN2O. The zero-order chi connectivity index (χ0) is 10.1. The topological polar surface area (TPSA) is 48.8 Å². The number of fused-ring (bicyclic) bond motifs is 1. The fourth-order valence-corrected chi connectivity index (χ4v) is 1.64. The summed E-state index contributed by atoms with van der Waals surface area (Å²) in [4.78, 5) is 2.95. The molecule has 0 bridgehead atoms. The second-order valence-corrected chi connectivity index (χ2v) is 3.22. The molecule has 1 aromatic carbocycles. The van der Waals surface area contributed by atoms with Crippen LogP contribution in [0.1, 0.15) is 5.56 Å². The Labute approximate surface area is 85.9 Å². The van der Waals surface area contributed by atoms with Crippen LogP contribution in [0.2, 0.25) is 5.02 Å². The third-order valence-corrected chi connectivity index (χ3v) is 2.41. The number of ether oxygens (including phenoxy) is 1. The monoisotopic (exact) mass is 206 g/mol. The van der Waals surface area contributed by atoms with Crippen molar-refractivity contribution < 1.29 is 4.74 Å². The van der Waals surface area contributed by atoms with Crippen molar-refractivity contribution >= 4 is 22.5 Å². The van der Waals surface area contributed by atoms with Crippen molar-refractivity contribution in [3.8, 4) is 11.8 Å². The normalized spacial score (nSPS) is 10.1. The van der Waals surface area contributed by atoms with Crippen LogP contribution in [0.5, 0.6) is 5.75 Å².